The quantitative estimate of drug-likeness (QED) is 0.750. The zero-order chi connectivity index (χ0) is 18.3. The summed E-state index contributed by atoms with van der Waals surface area (Å²) in [6, 6.07) is 0. The van der Waals surface area contributed by atoms with Gasteiger partial charge in [0.05, 0.1) is 0 Å². The number of amides is 1. The average Bonchev–Trinajstić information content (AvgIpc) is 2.66. The van der Waals surface area contributed by atoms with Gasteiger partial charge in [-0.2, -0.15) is 13.2 Å². The maximum Gasteiger partial charge on any atom is 0.471 e. The number of allylic oxidation sites excluding steroid dienone is 5. The van der Waals surface area contributed by atoms with Crippen LogP contribution in [-0.4, -0.2) is 29.3 Å². The smallest absolute Gasteiger partial charge is 0.305 e. The molecular formula is C18H22F3NO2. The lowest BCUT2D eigenvalue weighted by Gasteiger charge is -2.40. The molecule has 0 atom stereocenters. The molecule has 1 heterocycles. The first-order valence-corrected chi connectivity index (χ1v) is 8.03. The van der Waals surface area contributed by atoms with E-state index in [0.29, 0.717) is 24.8 Å². The van der Waals surface area contributed by atoms with E-state index in [0.717, 1.165) is 16.0 Å². The Bertz CT molecular complexity index is 666. The zero-order valence-electron chi connectivity index (χ0n) is 14.4. The van der Waals surface area contributed by atoms with Gasteiger partial charge in [-0.3, -0.25) is 9.59 Å². The number of ketones is 1. The van der Waals surface area contributed by atoms with Gasteiger partial charge in [0.1, 0.15) is 0 Å². The molecule has 0 N–H and O–H groups in total. The highest BCUT2D eigenvalue weighted by Gasteiger charge is 2.46. The summed E-state index contributed by atoms with van der Waals surface area (Å²) in [5.41, 5.74) is 1.88. The van der Waals surface area contributed by atoms with E-state index in [-0.39, 0.29) is 23.4 Å². The molecule has 24 heavy (non-hydrogen) atoms. The summed E-state index contributed by atoms with van der Waals surface area (Å²) in [6.07, 6.45) is -0.0488. The average molecular weight is 341 g/mol. The number of halogens is 3. The fourth-order valence-electron chi connectivity index (χ4n) is 3.31. The maximum absolute atomic E-state index is 13.0. The van der Waals surface area contributed by atoms with Crippen LogP contribution >= 0.6 is 0 Å². The third-order valence-corrected chi connectivity index (χ3v) is 4.80. The molecule has 2 rings (SSSR count). The molecular weight excluding hydrogens is 319 g/mol. The van der Waals surface area contributed by atoms with Crippen molar-refractivity contribution in [3.63, 3.8) is 0 Å². The van der Waals surface area contributed by atoms with E-state index in [1.807, 2.05) is 26.8 Å². The molecule has 0 aromatic carbocycles. The van der Waals surface area contributed by atoms with E-state index < -0.39 is 12.1 Å². The third kappa shape index (κ3) is 3.32. The Morgan fingerprint density at radius 1 is 1.29 bits per heavy atom. The largest absolute Gasteiger partial charge is 0.471 e. The number of Topliss-reactive ketones (excluding diaryl/α,β-unsaturated/α-hetero) is 1. The van der Waals surface area contributed by atoms with Crippen LogP contribution in [0.4, 0.5) is 13.2 Å². The van der Waals surface area contributed by atoms with Crippen LogP contribution in [-0.2, 0) is 9.59 Å². The van der Waals surface area contributed by atoms with Gasteiger partial charge in [0.2, 0.25) is 0 Å². The van der Waals surface area contributed by atoms with Gasteiger partial charge in [0.15, 0.2) is 5.78 Å². The van der Waals surface area contributed by atoms with Crippen molar-refractivity contribution in [3.8, 4) is 0 Å². The van der Waals surface area contributed by atoms with Crippen LogP contribution in [0.1, 0.15) is 47.0 Å². The van der Waals surface area contributed by atoms with E-state index in [1.54, 1.807) is 0 Å². The molecule has 1 aliphatic heterocycles. The Morgan fingerprint density at radius 3 is 2.42 bits per heavy atom. The highest BCUT2D eigenvalue weighted by atomic mass is 19.4. The molecule has 132 valence electrons. The van der Waals surface area contributed by atoms with Gasteiger partial charge in [-0.1, -0.05) is 26.8 Å². The van der Waals surface area contributed by atoms with E-state index in [2.05, 4.69) is 0 Å². The number of carbonyl (C=O) groups excluding carboxylic acids is 2. The van der Waals surface area contributed by atoms with Gasteiger partial charge in [-0.05, 0) is 48.8 Å². The highest BCUT2D eigenvalue weighted by Crippen LogP contribution is 2.44. The summed E-state index contributed by atoms with van der Waals surface area (Å²) in [6.45, 7) is 7.21. The molecule has 0 bridgehead atoms. The predicted molar refractivity (Wildman–Crippen MR) is 84.9 cm³/mol. The van der Waals surface area contributed by atoms with Gasteiger partial charge < -0.3 is 4.90 Å². The van der Waals surface area contributed by atoms with Crippen molar-refractivity contribution >= 4 is 11.7 Å². The van der Waals surface area contributed by atoms with Crippen LogP contribution in [0.3, 0.4) is 0 Å². The van der Waals surface area contributed by atoms with E-state index in [4.69, 9.17) is 0 Å². The molecule has 0 aromatic heterocycles. The molecule has 0 unspecified atom stereocenters. The van der Waals surface area contributed by atoms with Gasteiger partial charge in [-0.25, -0.2) is 0 Å². The minimum Gasteiger partial charge on any atom is -0.305 e. The molecule has 0 fully saturated rings. The summed E-state index contributed by atoms with van der Waals surface area (Å²) in [5, 5.41) is 0. The van der Waals surface area contributed by atoms with Crippen LogP contribution in [0.2, 0.25) is 0 Å². The SMILES string of the molecule is CCC1=CCC2=C(C=C1C(C)=O)N(C(=O)C(F)(F)F)CCC2(C)C. The fraction of sp³-hybridized carbons (Fsp3) is 0.556. The lowest BCUT2D eigenvalue weighted by molar-refractivity contribution is -0.183. The number of hydrogen-bond acceptors (Lipinski definition) is 2. The Balaban J connectivity index is 2.64. The first kappa shape index (κ1) is 18.5. The van der Waals surface area contributed by atoms with Gasteiger partial charge in [0, 0.05) is 17.8 Å². The summed E-state index contributed by atoms with van der Waals surface area (Å²) in [5.74, 6) is -2.08. The van der Waals surface area contributed by atoms with Crippen molar-refractivity contribution in [3.05, 3.63) is 34.6 Å². The second-order valence-electron chi connectivity index (χ2n) is 6.85. The zero-order valence-corrected chi connectivity index (χ0v) is 14.4. The first-order valence-electron chi connectivity index (χ1n) is 8.03. The van der Waals surface area contributed by atoms with Crippen molar-refractivity contribution in [2.24, 2.45) is 5.41 Å². The molecule has 0 spiro atoms. The van der Waals surface area contributed by atoms with Gasteiger partial charge >= 0.3 is 12.1 Å². The number of rotatable bonds is 2. The monoisotopic (exact) mass is 341 g/mol. The molecule has 0 radical (unpaired) electrons. The number of alkyl halides is 3. The van der Waals surface area contributed by atoms with E-state index in [1.165, 1.54) is 13.0 Å². The predicted octanol–water partition coefficient (Wildman–Crippen LogP) is 4.32. The minimum absolute atomic E-state index is 0.00663. The standard InChI is InChI=1S/C18H22F3NO2/c1-5-12-6-7-14-15(10-13(12)11(2)23)22(9-8-17(14,3)4)16(24)18(19,20)21/h6,10H,5,7-9H2,1-4H3. The normalized spacial score (nSPS) is 20.9. The minimum atomic E-state index is -4.93. The summed E-state index contributed by atoms with van der Waals surface area (Å²) in [4.78, 5) is 24.6. The third-order valence-electron chi connectivity index (χ3n) is 4.80. The Hall–Kier alpha value is -1.85. The van der Waals surface area contributed by atoms with Crippen molar-refractivity contribution in [1.29, 1.82) is 0 Å². The highest BCUT2D eigenvalue weighted by molar-refractivity contribution is 5.98. The number of carbonyl (C=O) groups is 2. The van der Waals surface area contributed by atoms with E-state index >= 15 is 0 Å². The molecule has 0 aromatic rings. The molecule has 3 nitrogen and oxygen atoms in total. The number of nitrogens with zero attached hydrogens (tertiary/aromatic N) is 1. The fourth-order valence-corrected chi connectivity index (χ4v) is 3.31. The molecule has 2 aliphatic rings. The van der Waals surface area contributed by atoms with Crippen LogP contribution in [0.5, 0.6) is 0 Å². The molecule has 1 aliphatic carbocycles. The van der Waals surface area contributed by atoms with Crippen LogP contribution in [0.15, 0.2) is 34.6 Å². The summed E-state index contributed by atoms with van der Waals surface area (Å²) in [7, 11) is 0. The summed E-state index contributed by atoms with van der Waals surface area (Å²) < 4.78 is 38.9. The topological polar surface area (TPSA) is 37.4 Å². The van der Waals surface area contributed by atoms with Crippen molar-refractivity contribution in [2.45, 2.75) is 53.1 Å². The number of hydrogen-bond donors (Lipinski definition) is 0. The Morgan fingerprint density at radius 2 is 1.92 bits per heavy atom. The molecule has 6 heteroatoms. The Kier molecular flexibility index (Phi) is 4.79. The van der Waals surface area contributed by atoms with Crippen molar-refractivity contribution in [2.75, 3.05) is 6.54 Å². The molecule has 1 amide bonds. The molecule has 0 saturated carbocycles. The molecule has 0 saturated heterocycles. The maximum atomic E-state index is 13.0. The second kappa shape index (κ2) is 6.22. The Labute approximate surface area is 139 Å². The lowest BCUT2D eigenvalue weighted by atomic mass is 9.75. The van der Waals surface area contributed by atoms with Gasteiger partial charge in [-0.15, -0.1) is 0 Å². The first-order chi connectivity index (χ1) is 11.0. The summed E-state index contributed by atoms with van der Waals surface area (Å²) >= 11 is 0. The second-order valence-corrected chi connectivity index (χ2v) is 6.85. The van der Waals surface area contributed by atoms with Crippen molar-refractivity contribution in [1.82, 2.24) is 4.90 Å². The van der Waals surface area contributed by atoms with Gasteiger partial charge in [0.25, 0.3) is 0 Å². The van der Waals surface area contributed by atoms with Crippen LogP contribution in [0.25, 0.3) is 0 Å². The van der Waals surface area contributed by atoms with E-state index in [9.17, 15) is 22.8 Å². The van der Waals surface area contributed by atoms with Crippen LogP contribution in [0, 0.1) is 5.41 Å². The van der Waals surface area contributed by atoms with Crippen LogP contribution < -0.4 is 0 Å². The van der Waals surface area contributed by atoms with Crippen molar-refractivity contribution < 1.29 is 22.8 Å². The lowest BCUT2D eigenvalue weighted by Crippen LogP contribution is -2.45.